The average Bonchev–Trinajstić information content (AvgIpc) is 2.89. The summed E-state index contributed by atoms with van der Waals surface area (Å²) in [6.45, 7) is 5.52. The van der Waals surface area contributed by atoms with Crippen LogP contribution in [0.1, 0.15) is 69.7 Å². The zero-order chi connectivity index (χ0) is 14.4. The van der Waals surface area contributed by atoms with Crippen LogP contribution in [0.15, 0.2) is 11.4 Å². The molecule has 1 saturated carbocycles. The van der Waals surface area contributed by atoms with Gasteiger partial charge >= 0.3 is 0 Å². The zero-order valence-corrected chi connectivity index (χ0v) is 14.4. The van der Waals surface area contributed by atoms with Crippen LogP contribution in [0.3, 0.4) is 0 Å². The fourth-order valence-electron chi connectivity index (χ4n) is 3.52. The van der Waals surface area contributed by atoms with Crippen LogP contribution in [-0.4, -0.2) is 6.54 Å². The van der Waals surface area contributed by atoms with Gasteiger partial charge in [-0.05, 0) is 42.7 Å². The summed E-state index contributed by atoms with van der Waals surface area (Å²) in [6.07, 6.45) is 9.73. The quantitative estimate of drug-likeness (QED) is 0.646. The van der Waals surface area contributed by atoms with Crippen LogP contribution >= 0.6 is 22.9 Å². The molecule has 114 valence electrons. The maximum atomic E-state index is 6.36. The van der Waals surface area contributed by atoms with Gasteiger partial charge < -0.3 is 5.32 Å². The Hall–Kier alpha value is -0.0500. The van der Waals surface area contributed by atoms with Crippen LogP contribution in [-0.2, 0) is 0 Å². The number of rotatable bonds is 7. The van der Waals surface area contributed by atoms with E-state index < -0.39 is 0 Å². The molecule has 20 heavy (non-hydrogen) atoms. The van der Waals surface area contributed by atoms with Gasteiger partial charge in [-0.1, -0.05) is 57.6 Å². The SMILES string of the molecule is CCCCC1CCC(C(NCC)c2sccc2Cl)CC1. The monoisotopic (exact) mass is 313 g/mol. The summed E-state index contributed by atoms with van der Waals surface area (Å²) in [6, 6.07) is 2.51. The van der Waals surface area contributed by atoms with E-state index in [0.29, 0.717) is 6.04 Å². The average molecular weight is 314 g/mol. The van der Waals surface area contributed by atoms with Gasteiger partial charge in [0.15, 0.2) is 0 Å². The lowest BCUT2D eigenvalue weighted by Gasteiger charge is -2.34. The summed E-state index contributed by atoms with van der Waals surface area (Å²) in [5, 5.41) is 6.75. The summed E-state index contributed by atoms with van der Waals surface area (Å²) in [4.78, 5) is 1.35. The molecule has 3 heteroatoms. The van der Waals surface area contributed by atoms with Crippen LogP contribution in [0.5, 0.6) is 0 Å². The number of halogens is 1. The molecule has 1 fully saturated rings. The van der Waals surface area contributed by atoms with Crippen LogP contribution in [0.4, 0.5) is 0 Å². The van der Waals surface area contributed by atoms with Crippen molar-refractivity contribution in [1.29, 1.82) is 0 Å². The second-order valence-electron chi connectivity index (χ2n) is 6.09. The Morgan fingerprint density at radius 2 is 2.05 bits per heavy atom. The lowest BCUT2D eigenvalue weighted by Crippen LogP contribution is -2.30. The predicted molar refractivity (Wildman–Crippen MR) is 90.7 cm³/mol. The van der Waals surface area contributed by atoms with E-state index in [9.17, 15) is 0 Å². The third-order valence-electron chi connectivity index (χ3n) is 4.68. The molecular formula is C17H28ClNS. The Balaban J connectivity index is 1.93. The third kappa shape index (κ3) is 4.22. The van der Waals surface area contributed by atoms with Gasteiger partial charge in [-0.15, -0.1) is 11.3 Å². The Bertz CT molecular complexity index is 382. The molecular weight excluding hydrogens is 286 g/mol. The molecule has 1 aliphatic rings. The van der Waals surface area contributed by atoms with E-state index >= 15 is 0 Å². The van der Waals surface area contributed by atoms with Crippen molar-refractivity contribution < 1.29 is 0 Å². The first kappa shape index (κ1) is 16.3. The lowest BCUT2D eigenvalue weighted by atomic mass is 9.76. The Labute approximate surface area is 133 Å². The fraction of sp³-hybridized carbons (Fsp3) is 0.765. The van der Waals surface area contributed by atoms with Gasteiger partial charge in [-0.2, -0.15) is 0 Å². The molecule has 1 N–H and O–H groups in total. The van der Waals surface area contributed by atoms with E-state index in [1.54, 1.807) is 0 Å². The topological polar surface area (TPSA) is 12.0 Å². The van der Waals surface area contributed by atoms with E-state index in [2.05, 4.69) is 24.5 Å². The van der Waals surface area contributed by atoms with Crippen molar-refractivity contribution in [1.82, 2.24) is 5.32 Å². The Morgan fingerprint density at radius 3 is 2.60 bits per heavy atom. The molecule has 1 aromatic heterocycles. The minimum atomic E-state index is 0.472. The van der Waals surface area contributed by atoms with Crippen molar-refractivity contribution in [3.05, 3.63) is 21.3 Å². The first-order valence-electron chi connectivity index (χ1n) is 8.22. The molecule has 0 bridgehead atoms. The third-order valence-corrected chi connectivity index (χ3v) is 6.12. The highest BCUT2D eigenvalue weighted by molar-refractivity contribution is 7.10. The number of thiophene rings is 1. The maximum Gasteiger partial charge on any atom is 0.0561 e. The number of unbranched alkanes of at least 4 members (excludes halogenated alkanes) is 1. The molecule has 1 atom stereocenters. The normalized spacial score (nSPS) is 24.8. The van der Waals surface area contributed by atoms with Crippen LogP contribution in [0, 0.1) is 11.8 Å². The fourth-order valence-corrected chi connectivity index (χ4v) is 4.87. The number of hydrogen-bond donors (Lipinski definition) is 1. The van der Waals surface area contributed by atoms with Crippen molar-refractivity contribution in [3.63, 3.8) is 0 Å². The largest absolute Gasteiger partial charge is 0.309 e. The standard InChI is InChI=1S/C17H28ClNS/c1-3-5-6-13-7-9-14(10-8-13)16(19-4-2)17-15(18)11-12-20-17/h11-14,16,19H,3-10H2,1-2H3. The molecule has 0 aromatic carbocycles. The molecule has 1 aliphatic carbocycles. The molecule has 0 amide bonds. The highest BCUT2D eigenvalue weighted by Gasteiger charge is 2.29. The smallest absolute Gasteiger partial charge is 0.0561 e. The second kappa shape index (κ2) is 8.41. The molecule has 1 nitrogen and oxygen atoms in total. The van der Waals surface area contributed by atoms with Crippen LogP contribution in [0.25, 0.3) is 0 Å². The van der Waals surface area contributed by atoms with Crippen molar-refractivity contribution in [3.8, 4) is 0 Å². The molecule has 2 rings (SSSR count). The predicted octanol–water partition coefficient (Wildman–Crippen LogP) is 6.05. The van der Waals surface area contributed by atoms with Crippen molar-refractivity contribution >= 4 is 22.9 Å². The van der Waals surface area contributed by atoms with Crippen molar-refractivity contribution in [2.75, 3.05) is 6.54 Å². The zero-order valence-electron chi connectivity index (χ0n) is 12.8. The van der Waals surface area contributed by atoms with Crippen LogP contribution < -0.4 is 5.32 Å². The highest BCUT2D eigenvalue weighted by atomic mass is 35.5. The number of hydrogen-bond acceptors (Lipinski definition) is 2. The summed E-state index contributed by atoms with van der Waals surface area (Å²) in [7, 11) is 0. The second-order valence-corrected chi connectivity index (χ2v) is 7.45. The Kier molecular flexibility index (Phi) is 6.86. The molecule has 0 aliphatic heterocycles. The summed E-state index contributed by atoms with van der Waals surface area (Å²) >= 11 is 8.17. The van der Waals surface area contributed by atoms with E-state index in [-0.39, 0.29) is 0 Å². The van der Waals surface area contributed by atoms with E-state index in [1.807, 2.05) is 17.4 Å². The molecule has 1 unspecified atom stereocenters. The molecule has 1 heterocycles. The van der Waals surface area contributed by atoms with Crippen LogP contribution in [0.2, 0.25) is 5.02 Å². The van der Waals surface area contributed by atoms with Gasteiger partial charge in [0.2, 0.25) is 0 Å². The molecule has 0 radical (unpaired) electrons. The molecule has 0 spiro atoms. The lowest BCUT2D eigenvalue weighted by molar-refractivity contribution is 0.216. The van der Waals surface area contributed by atoms with Crippen molar-refractivity contribution in [2.24, 2.45) is 11.8 Å². The molecule has 0 saturated heterocycles. The van der Waals surface area contributed by atoms with Gasteiger partial charge in [0, 0.05) is 10.9 Å². The summed E-state index contributed by atoms with van der Waals surface area (Å²) < 4.78 is 0. The van der Waals surface area contributed by atoms with Gasteiger partial charge in [0.1, 0.15) is 0 Å². The first-order valence-corrected chi connectivity index (χ1v) is 9.48. The minimum absolute atomic E-state index is 0.472. The minimum Gasteiger partial charge on any atom is -0.309 e. The van der Waals surface area contributed by atoms with E-state index in [1.165, 1.54) is 49.8 Å². The maximum absolute atomic E-state index is 6.36. The Morgan fingerprint density at radius 1 is 1.30 bits per heavy atom. The van der Waals surface area contributed by atoms with E-state index in [0.717, 1.165) is 23.4 Å². The van der Waals surface area contributed by atoms with E-state index in [4.69, 9.17) is 11.6 Å². The molecule has 1 aromatic rings. The first-order chi connectivity index (χ1) is 9.76. The summed E-state index contributed by atoms with van der Waals surface area (Å²) in [5.74, 6) is 1.75. The highest BCUT2D eigenvalue weighted by Crippen LogP contribution is 2.41. The number of nitrogens with one attached hydrogen (secondary N) is 1. The van der Waals surface area contributed by atoms with Gasteiger partial charge in [0.25, 0.3) is 0 Å². The summed E-state index contributed by atoms with van der Waals surface area (Å²) in [5.41, 5.74) is 0. The van der Waals surface area contributed by atoms with Crippen molar-refractivity contribution in [2.45, 2.75) is 64.8 Å². The van der Waals surface area contributed by atoms with Gasteiger partial charge in [0.05, 0.1) is 5.02 Å². The van der Waals surface area contributed by atoms with Gasteiger partial charge in [-0.25, -0.2) is 0 Å². The van der Waals surface area contributed by atoms with Gasteiger partial charge in [-0.3, -0.25) is 0 Å².